The summed E-state index contributed by atoms with van der Waals surface area (Å²) in [5.41, 5.74) is 1.28. The van der Waals surface area contributed by atoms with E-state index in [0.29, 0.717) is 29.4 Å². The fourth-order valence-corrected chi connectivity index (χ4v) is 5.17. The van der Waals surface area contributed by atoms with Crippen LogP contribution < -0.4 is 14.4 Å². The van der Waals surface area contributed by atoms with Crippen LogP contribution in [0.4, 0.5) is 5.69 Å². The van der Waals surface area contributed by atoms with Gasteiger partial charge in [0.1, 0.15) is 11.8 Å². The zero-order valence-electron chi connectivity index (χ0n) is 22.1. The third-order valence-corrected chi connectivity index (χ3v) is 7.38. The first-order valence-electron chi connectivity index (χ1n) is 12.5. The van der Waals surface area contributed by atoms with E-state index in [0.717, 1.165) is 24.7 Å². The molecule has 10 heteroatoms. The Kier molecular flexibility index (Phi) is 12.2. The molecule has 0 aliphatic rings. The number of ether oxygens (including phenoxy) is 1. The van der Waals surface area contributed by atoms with Gasteiger partial charge in [0.25, 0.3) is 0 Å². The van der Waals surface area contributed by atoms with E-state index in [1.54, 1.807) is 36.3 Å². The summed E-state index contributed by atoms with van der Waals surface area (Å²) in [6.07, 6.45) is 3.74. The molecule has 2 aromatic rings. The Morgan fingerprint density at radius 1 is 1.08 bits per heavy atom. The summed E-state index contributed by atoms with van der Waals surface area (Å²) in [5.74, 6) is 0.249. The fourth-order valence-electron chi connectivity index (χ4n) is 4.03. The van der Waals surface area contributed by atoms with Gasteiger partial charge in [0.05, 0.1) is 19.1 Å². The first kappa shape index (κ1) is 30.4. The molecular weight excluding hydrogens is 514 g/mol. The quantitative estimate of drug-likeness (QED) is 0.326. The molecule has 0 aromatic heterocycles. The average Bonchev–Trinajstić information content (AvgIpc) is 2.85. The van der Waals surface area contributed by atoms with Crippen LogP contribution in [0.5, 0.6) is 5.75 Å². The lowest BCUT2D eigenvalue weighted by Crippen LogP contribution is -2.49. The van der Waals surface area contributed by atoms with Gasteiger partial charge in [-0.3, -0.25) is 13.9 Å². The summed E-state index contributed by atoms with van der Waals surface area (Å²) in [6.45, 7) is 4.82. The van der Waals surface area contributed by atoms with Crippen molar-refractivity contribution in [2.24, 2.45) is 0 Å². The molecule has 2 rings (SSSR count). The number of hydrogen-bond acceptors (Lipinski definition) is 5. The lowest BCUT2D eigenvalue weighted by atomic mass is 10.1. The molecule has 1 N–H and O–H groups in total. The second kappa shape index (κ2) is 14.8. The van der Waals surface area contributed by atoms with Gasteiger partial charge in [-0.1, -0.05) is 50.1 Å². The van der Waals surface area contributed by atoms with Crippen molar-refractivity contribution >= 4 is 39.1 Å². The van der Waals surface area contributed by atoms with Crippen LogP contribution in [0.1, 0.15) is 51.5 Å². The number of rotatable bonds is 15. The predicted molar refractivity (Wildman–Crippen MR) is 148 cm³/mol. The molecule has 37 heavy (non-hydrogen) atoms. The number of unbranched alkanes of at least 4 members (excludes halogenated alkanes) is 1. The Labute approximate surface area is 226 Å². The molecule has 2 amide bonds. The average molecular weight is 552 g/mol. The molecule has 0 radical (unpaired) electrons. The van der Waals surface area contributed by atoms with Crippen LogP contribution in [0.15, 0.2) is 48.5 Å². The summed E-state index contributed by atoms with van der Waals surface area (Å²) in [5, 5.41) is 3.36. The molecule has 2 aromatic carbocycles. The topological polar surface area (TPSA) is 96.0 Å². The van der Waals surface area contributed by atoms with E-state index in [2.05, 4.69) is 5.32 Å². The van der Waals surface area contributed by atoms with Crippen molar-refractivity contribution in [3.05, 3.63) is 59.1 Å². The Morgan fingerprint density at radius 2 is 1.81 bits per heavy atom. The third-order valence-electron chi connectivity index (χ3n) is 5.95. The first-order chi connectivity index (χ1) is 17.6. The molecule has 0 aliphatic carbocycles. The molecule has 1 atom stereocenters. The highest BCUT2D eigenvalue weighted by atomic mass is 35.5. The summed E-state index contributed by atoms with van der Waals surface area (Å²) in [6, 6.07) is 13.3. The Balaban J connectivity index is 2.22. The van der Waals surface area contributed by atoms with Crippen molar-refractivity contribution in [3.63, 3.8) is 0 Å². The van der Waals surface area contributed by atoms with Crippen LogP contribution in [-0.4, -0.2) is 57.6 Å². The van der Waals surface area contributed by atoms with Gasteiger partial charge in [-0.05, 0) is 55.2 Å². The minimum Gasteiger partial charge on any atom is -0.497 e. The van der Waals surface area contributed by atoms with Gasteiger partial charge in [-0.15, -0.1) is 0 Å². The Morgan fingerprint density at radius 3 is 2.43 bits per heavy atom. The summed E-state index contributed by atoms with van der Waals surface area (Å²) >= 11 is 6.06. The van der Waals surface area contributed by atoms with Crippen LogP contribution in [0.3, 0.4) is 0 Å². The van der Waals surface area contributed by atoms with E-state index in [1.807, 2.05) is 38.1 Å². The van der Waals surface area contributed by atoms with Crippen molar-refractivity contribution < 1.29 is 22.7 Å². The molecule has 0 spiro atoms. The number of halogens is 1. The lowest BCUT2D eigenvalue weighted by Gasteiger charge is -2.31. The molecule has 0 bridgehead atoms. The Hall–Kier alpha value is -2.78. The number of benzene rings is 2. The number of sulfonamides is 1. The van der Waals surface area contributed by atoms with Gasteiger partial charge in [-0.2, -0.15) is 0 Å². The summed E-state index contributed by atoms with van der Waals surface area (Å²) < 4.78 is 31.5. The number of carbonyl (C=O) groups is 2. The number of carbonyl (C=O) groups excluding carboxylic acids is 2. The van der Waals surface area contributed by atoms with E-state index >= 15 is 0 Å². The van der Waals surface area contributed by atoms with Crippen LogP contribution in [0, 0.1) is 0 Å². The van der Waals surface area contributed by atoms with Crippen molar-refractivity contribution in [3.8, 4) is 5.75 Å². The van der Waals surface area contributed by atoms with Gasteiger partial charge < -0.3 is 15.0 Å². The van der Waals surface area contributed by atoms with E-state index in [1.165, 1.54) is 4.31 Å². The monoisotopic (exact) mass is 551 g/mol. The molecule has 0 fully saturated rings. The zero-order chi connectivity index (χ0) is 27.4. The number of nitrogens with one attached hydrogen (secondary N) is 1. The third kappa shape index (κ3) is 9.55. The molecule has 0 aliphatic heterocycles. The highest BCUT2D eigenvalue weighted by Crippen LogP contribution is 2.23. The molecule has 0 saturated carbocycles. The van der Waals surface area contributed by atoms with E-state index in [-0.39, 0.29) is 37.7 Å². The highest BCUT2D eigenvalue weighted by Gasteiger charge is 2.29. The summed E-state index contributed by atoms with van der Waals surface area (Å²) in [7, 11) is -2.01. The number of hydrogen-bond donors (Lipinski definition) is 1. The summed E-state index contributed by atoms with van der Waals surface area (Å²) in [4.78, 5) is 28.1. The SMILES string of the molecule is CCCCNC(=O)[C@H](CC)N(Cc1cccc(OC)c1)C(=O)CCCN(c1cccc(Cl)c1)S(C)(=O)=O. The maximum absolute atomic E-state index is 13.5. The molecule has 204 valence electrons. The van der Waals surface area contributed by atoms with Gasteiger partial charge >= 0.3 is 0 Å². The van der Waals surface area contributed by atoms with Gasteiger partial charge in [0, 0.05) is 31.1 Å². The number of nitrogens with zero attached hydrogens (tertiary/aromatic N) is 2. The van der Waals surface area contributed by atoms with Crippen LogP contribution in [0.25, 0.3) is 0 Å². The van der Waals surface area contributed by atoms with E-state index in [4.69, 9.17) is 16.3 Å². The van der Waals surface area contributed by atoms with E-state index in [9.17, 15) is 18.0 Å². The minimum absolute atomic E-state index is 0.0787. The Bertz CT molecular complexity index is 1140. The minimum atomic E-state index is -3.58. The number of amides is 2. The van der Waals surface area contributed by atoms with Crippen LogP contribution in [-0.2, 0) is 26.2 Å². The second-order valence-corrected chi connectivity index (χ2v) is 11.2. The largest absolute Gasteiger partial charge is 0.497 e. The van der Waals surface area contributed by atoms with Crippen molar-refractivity contribution in [1.29, 1.82) is 0 Å². The second-order valence-electron chi connectivity index (χ2n) is 8.86. The predicted octanol–water partition coefficient (Wildman–Crippen LogP) is 4.62. The molecule has 0 saturated heterocycles. The molecule has 0 heterocycles. The molecule has 0 unspecified atom stereocenters. The lowest BCUT2D eigenvalue weighted by molar-refractivity contribution is -0.141. The van der Waals surface area contributed by atoms with E-state index < -0.39 is 16.1 Å². The number of anilines is 1. The first-order valence-corrected chi connectivity index (χ1v) is 14.8. The van der Waals surface area contributed by atoms with Gasteiger partial charge in [0.15, 0.2) is 0 Å². The van der Waals surface area contributed by atoms with Crippen LogP contribution >= 0.6 is 11.6 Å². The van der Waals surface area contributed by atoms with Gasteiger partial charge in [-0.25, -0.2) is 8.42 Å². The maximum Gasteiger partial charge on any atom is 0.242 e. The molecular formula is C27H38ClN3O5S. The fraction of sp³-hybridized carbons (Fsp3) is 0.481. The number of methoxy groups -OCH3 is 1. The van der Waals surface area contributed by atoms with Crippen molar-refractivity contribution in [1.82, 2.24) is 10.2 Å². The van der Waals surface area contributed by atoms with Crippen LogP contribution in [0.2, 0.25) is 5.02 Å². The standard InChI is InChI=1S/C27H38ClN3O5S/c1-5-7-16-29-27(33)25(6-2)30(20-21-11-8-14-24(18-21)36-3)26(32)15-10-17-31(37(4,34)35)23-13-9-12-22(28)19-23/h8-9,11-14,18-19,25H,5-7,10,15-17,20H2,1-4H3,(H,29,33)/t25-/m0/s1. The smallest absolute Gasteiger partial charge is 0.242 e. The maximum atomic E-state index is 13.5. The van der Waals surface area contributed by atoms with Crippen molar-refractivity contribution in [2.45, 2.75) is 58.5 Å². The molecule has 8 nitrogen and oxygen atoms in total. The van der Waals surface area contributed by atoms with Gasteiger partial charge in [0.2, 0.25) is 21.8 Å². The van der Waals surface area contributed by atoms with Crippen molar-refractivity contribution in [2.75, 3.05) is 30.8 Å². The normalized spacial score (nSPS) is 12.0. The highest BCUT2D eigenvalue weighted by molar-refractivity contribution is 7.92. The zero-order valence-corrected chi connectivity index (χ0v) is 23.6.